The van der Waals surface area contributed by atoms with Crippen LogP contribution >= 0.6 is 11.8 Å². The Kier molecular flexibility index (Phi) is 5.24. The topological polar surface area (TPSA) is 84.1 Å². The zero-order valence-electron chi connectivity index (χ0n) is 12.7. The number of carbonyl (C=O) groups excluding carboxylic acids is 1. The van der Waals surface area contributed by atoms with Crippen molar-refractivity contribution in [2.45, 2.75) is 30.6 Å². The summed E-state index contributed by atoms with van der Waals surface area (Å²) in [7, 11) is 0. The standard InChI is InChI=1S/C15H19N5O2S/c21-9-8-19(10-12-4-2-1-3-5-12)14(22)11-23-15-16-17-18-20(15)13-6-7-13/h1-5,13,21H,6-11H2. The van der Waals surface area contributed by atoms with Crippen LogP contribution in [0.4, 0.5) is 0 Å². The second kappa shape index (κ2) is 7.56. The van der Waals surface area contributed by atoms with Crippen LogP contribution in [0.5, 0.6) is 0 Å². The number of amides is 1. The summed E-state index contributed by atoms with van der Waals surface area (Å²) in [5, 5.41) is 21.5. The lowest BCUT2D eigenvalue weighted by Gasteiger charge is -2.21. The number of hydrogen-bond acceptors (Lipinski definition) is 6. The SMILES string of the molecule is O=C(CSc1nnnn1C1CC1)N(CCO)Cc1ccccc1. The number of tetrazole rings is 1. The van der Waals surface area contributed by atoms with Crippen molar-refractivity contribution in [1.29, 1.82) is 0 Å². The van der Waals surface area contributed by atoms with E-state index in [1.807, 2.05) is 30.3 Å². The van der Waals surface area contributed by atoms with Gasteiger partial charge < -0.3 is 10.0 Å². The maximum absolute atomic E-state index is 12.4. The predicted octanol–water partition coefficient (Wildman–Crippen LogP) is 1.12. The summed E-state index contributed by atoms with van der Waals surface area (Å²) in [5.74, 6) is 0.234. The molecule has 1 aromatic carbocycles. The van der Waals surface area contributed by atoms with Gasteiger partial charge in [0.25, 0.3) is 0 Å². The van der Waals surface area contributed by atoms with Crippen LogP contribution in [0.1, 0.15) is 24.4 Å². The van der Waals surface area contributed by atoms with Gasteiger partial charge in [-0.15, -0.1) is 5.10 Å². The van der Waals surface area contributed by atoms with Crippen molar-refractivity contribution in [3.63, 3.8) is 0 Å². The molecule has 0 saturated heterocycles. The monoisotopic (exact) mass is 333 g/mol. The van der Waals surface area contributed by atoms with Gasteiger partial charge in [-0.05, 0) is 28.8 Å². The fourth-order valence-corrected chi connectivity index (χ4v) is 3.11. The Balaban J connectivity index is 1.58. The van der Waals surface area contributed by atoms with Crippen molar-refractivity contribution in [2.24, 2.45) is 0 Å². The molecule has 1 aliphatic rings. The number of nitrogens with zero attached hydrogens (tertiary/aromatic N) is 5. The van der Waals surface area contributed by atoms with Crippen molar-refractivity contribution >= 4 is 17.7 Å². The van der Waals surface area contributed by atoms with Crippen LogP contribution in [0.2, 0.25) is 0 Å². The first-order chi connectivity index (χ1) is 11.3. The maximum atomic E-state index is 12.4. The van der Waals surface area contributed by atoms with E-state index in [1.165, 1.54) is 11.8 Å². The van der Waals surface area contributed by atoms with E-state index in [2.05, 4.69) is 15.5 Å². The zero-order valence-corrected chi connectivity index (χ0v) is 13.5. The fourth-order valence-electron chi connectivity index (χ4n) is 2.26. The second-order valence-electron chi connectivity index (χ2n) is 5.45. The van der Waals surface area contributed by atoms with Gasteiger partial charge in [-0.1, -0.05) is 42.1 Å². The molecule has 1 N–H and O–H groups in total. The van der Waals surface area contributed by atoms with E-state index in [-0.39, 0.29) is 18.3 Å². The van der Waals surface area contributed by atoms with Gasteiger partial charge in [0.15, 0.2) is 0 Å². The number of aromatic nitrogens is 4. The summed E-state index contributed by atoms with van der Waals surface area (Å²) in [6, 6.07) is 10.2. The Morgan fingerprint density at radius 3 is 2.83 bits per heavy atom. The molecule has 122 valence electrons. The van der Waals surface area contributed by atoms with Gasteiger partial charge in [-0.3, -0.25) is 4.79 Å². The lowest BCUT2D eigenvalue weighted by Crippen LogP contribution is -2.34. The van der Waals surface area contributed by atoms with E-state index in [4.69, 9.17) is 0 Å². The summed E-state index contributed by atoms with van der Waals surface area (Å²) in [6.07, 6.45) is 2.19. The highest BCUT2D eigenvalue weighted by molar-refractivity contribution is 7.99. The maximum Gasteiger partial charge on any atom is 0.233 e. The van der Waals surface area contributed by atoms with Gasteiger partial charge >= 0.3 is 0 Å². The molecule has 1 amide bonds. The molecule has 0 radical (unpaired) electrons. The van der Waals surface area contributed by atoms with E-state index in [0.717, 1.165) is 18.4 Å². The molecule has 0 bridgehead atoms. The van der Waals surface area contributed by atoms with Crippen LogP contribution in [0.25, 0.3) is 0 Å². The number of carbonyl (C=O) groups is 1. The van der Waals surface area contributed by atoms with Gasteiger partial charge in [-0.25, -0.2) is 4.68 Å². The highest BCUT2D eigenvalue weighted by Gasteiger charge is 2.28. The average molecular weight is 333 g/mol. The van der Waals surface area contributed by atoms with Crippen LogP contribution in [0, 0.1) is 0 Å². The van der Waals surface area contributed by atoms with Crippen molar-refractivity contribution in [3.05, 3.63) is 35.9 Å². The number of thioether (sulfide) groups is 1. The molecule has 2 aromatic rings. The number of aliphatic hydroxyl groups is 1. The number of hydrogen-bond donors (Lipinski definition) is 1. The molecule has 1 aliphatic carbocycles. The highest BCUT2D eigenvalue weighted by Crippen LogP contribution is 2.36. The average Bonchev–Trinajstić information content (AvgIpc) is 3.31. The molecule has 7 nitrogen and oxygen atoms in total. The van der Waals surface area contributed by atoms with Gasteiger partial charge in [0.1, 0.15) is 0 Å². The molecule has 23 heavy (non-hydrogen) atoms. The van der Waals surface area contributed by atoms with E-state index in [1.54, 1.807) is 9.58 Å². The molecular weight excluding hydrogens is 314 g/mol. The van der Waals surface area contributed by atoms with E-state index >= 15 is 0 Å². The molecule has 1 heterocycles. The summed E-state index contributed by atoms with van der Waals surface area (Å²) in [5.41, 5.74) is 1.04. The number of rotatable bonds is 8. The second-order valence-corrected chi connectivity index (χ2v) is 6.39. The normalized spacial score (nSPS) is 14.0. The summed E-state index contributed by atoms with van der Waals surface area (Å²) in [4.78, 5) is 14.1. The van der Waals surface area contributed by atoms with Crippen LogP contribution in [0.15, 0.2) is 35.5 Å². The van der Waals surface area contributed by atoms with Crippen molar-refractivity contribution in [3.8, 4) is 0 Å². The third kappa shape index (κ3) is 4.29. The van der Waals surface area contributed by atoms with Crippen molar-refractivity contribution in [2.75, 3.05) is 18.9 Å². The smallest absolute Gasteiger partial charge is 0.233 e. The van der Waals surface area contributed by atoms with E-state index in [9.17, 15) is 9.90 Å². The van der Waals surface area contributed by atoms with Crippen LogP contribution in [0.3, 0.4) is 0 Å². The minimum Gasteiger partial charge on any atom is -0.395 e. The predicted molar refractivity (Wildman–Crippen MR) is 85.8 cm³/mol. The first kappa shape index (κ1) is 15.9. The molecule has 8 heteroatoms. The van der Waals surface area contributed by atoms with Crippen LogP contribution in [-0.2, 0) is 11.3 Å². The van der Waals surface area contributed by atoms with Crippen LogP contribution < -0.4 is 0 Å². The number of aliphatic hydroxyl groups excluding tert-OH is 1. The van der Waals surface area contributed by atoms with Gasteiger partial charge in [0, 0.05) is 13.1 Å². The highest BCUT2D eigenvalue weighted by atomic mass is 32.2. The van der Waals surface area contributed by atoms with Crippen molar-refractivity contribution in [1.82, 2.24) is 25.1 Å². The molecular formula is C15H19N5O2S. The third-order valence-electron chi connectivity index (χ3n) is 3.62. The van der Waals surface area contributed by atoms with Crippen molar-refractivity contribution < 1.29 is 9.90 Å². The zero-order chi connectivity index (χ0) is 16.1. The Bertz CT molecular complexity index is 644. The van der Waals surface area contributed by atoms with Crippen LogP contribution in [-0.4, -0.2) is 55.0 Å². The Morgan fingerprint density at radius 1 is 1.35 bits per heavy atom. The Morgan fingerprint density at radius 2 is 2.13 bits per heavy atom. The lowest BCUT2D eigenvalue weighted by molar-refractivity contribution is -0.129. The third-order valence-corrected chi connectivity index (χ3v) is 4.54. The van der Waals surface area contributed by atoms with Gasteiger partial charge in [0.05, 0.1) is 18.4 Å². The molecule has 0 atom stereocenters. The minimum atomic E-state index is -0.0525. The van der Waals surface area contributed by atoms with Gasteiger partial charge in [0.2, 0.25) is 11.1 Å². The fraction of sp³-hybridized carbons (Fsp3) is 0.467. The largest absolute Gasteiger partial charge is 0.395 e. The minimum absolute atomic E-state index is 0.0294. The molecule has 1 fully saturated rings. The van der Waals surface area contributed by atoms with Gasteiger partial charge in [-0.2, -0.15) is 0 Å². The summed E-state index contributed by atoms with van der Waals surface area (Å²) in [6.45, 7) is 0.763. The molecule has 0 unspecified atom stereocenters. The molecule has 3 rings (SSSR count). The molecule has 0 aliphatic heterocycles. The molecule has 1 aromatic heterocycles. The number of benzene rings is 1. The lowest BCUT2D eigenvalue weighted by atomic mass is 10.2. The first-order valence-electron chi connectivity index (χ1n) is 7.61. The quantitative estimate of drug-likeness (QED) is 0.729. The Labute approximate surface area is 138 Å². The first-order valence-corrected chi connectivity index (χ1v) is 8.59. The summed E-state index contributed by atoms with van der Waals surface area (Å²) < 4.78 is 1.80. The molecule has 0 spiro atoms. The van der Waals surface area contributed by atoms with E-state index in [0.29, 0.717) is 24.3 Å². The summed E-state index contributed by atoms with van der Waals surface area (Å²) >= 11 is 1.35. The molecule has 1 saturated carbocycles. The van der Waals surface area contributed by atoms with E-state index < -0.39 is 0 Å². The Hall–Kier alpha value is -1.93.